The van der Waals surface area contributed by atoms with E-state index >= 15 is 0 Å². The molecule has 1 aliphatic heterocycles. The lowest BCUT2D eigenvalue weighted by Gasteiger charge is -2.35. The summed E-state index contributed by atoms with van der Waals surface area (Å²) in [4.78, 5) is 15.9. The number of aromatic nitrogens is 3. The van der Waals surface area contributed by atoms with Crippen LogP contribution in [-0.2, 0) is 6.54 Å². The number of carbonyl (C=O) groups is 1. The molecule has 2 fully saturated rings. The van der Waals surface area contributed by atoms with Crippen LogP contribution in [0.1, 0.15) is 81.5 Å². The van der Waals surface area contributed by atoms with Crippen molar-refractivity contribution < 1.29 is 9.53 Å². The van der Waals surface area contributed by atoms with Gasteiger partial charge in [0, 0.05) is 38.3 Å². The van der Waals surface area contributed by atoms with E-state index in [0.29, 0.717) is 23.8 Å². The zero-order valence-corrected chi connectivity index (χ0v) is 21.3. The quantitative estimate of drug-likeness (QED) is 0.542. The second-order valence-electron chi connectivity index (χ2n) is 10.7. The fourth-order valence-electron chi connectivity index (χ4n) is 6.11. The first-order valence-electron chi connectivity index (χ1n) is 13.9. The van der Waals surface area contributed by atoms with E-state index in [1.54, 1.807) is 0 Å². The van der Waals surface area contributed by atoms with Crippen molar-refractivity contribution in [3.8, 4) is 5.75 Å². The van der Waals surface area contributed by atoms with Gasteiger partial charge in [-0.05, 0) is 69.8 Å². The summed E-state index contributed by atoms with van der Waals surface area (Å²) in [5.74, 6) is 2.01. The molecule has 7 heteroatoms. The van der Waals surface area contributed by atoms with Crippen molar-refractivity contribution in [2.75, 3.05) is 26.2 Å². The molecule has 1 aromatic carbocycles. The average Bonchev–Trinajstić information content (AvgIpc) is 3.27. The Morgan fingerprint density at radius 2 is 1.86 bits per heavy atom. The first-order valence-corrected chi connectivity index (χ1v) is 13.9. The lowest BCUT2D eigenvalue weighted by atomic mass is 9.88. The van der Waals surface area contributed by atoms with Crippen LogP contribution in [0.2, 0.25) is 0 Å². The highest BCUT2D eigenvalue weighted by atomic mass is 16.5. The summed E-state index contributed by atoms with van der Waals surface area (Å²) in [6.07, 6.45) is 16.9. The number of rotatable bonds is 8. The van der Waals surface area contributed by atoms with Gasteiger partial charge >= 0.3 is 0 Å². The van der Waals surface area contributed by atoms with Gasteiger partial charge in [0.25, 0.3) is 5.91 Å². The van der Waals surface area contributed by atoms with Gasteiger partial charge in [-0.25, -0.2) is 4.68 Å². The molecule has 2 aromatic rings. The van der Waals surface area contributed by atoms with Crippen molar-refractivity contribution in [2.24, 2.45) is 11.8 Å². The molecule has 1 aromatic heterocycles. The molecule has 2 heterocycles. The average molecular weight is 480 g/mol. The topological polar surface area (TPSA) is 72.3 Å². The van der Waals surface area contributed by atoms with E-state index in [0.717, 1.165) is 62.3 Å². The Balaban J connectivity index is 1.22. The van der Waals surface area contributed by atoms with Crippen LogP contribution in [0.5, 0.6) is 5.75 Å². The SMILES string of the molecule is CCOc1cc2c(cc1C(=O)NC1CCN(CC3CCCCC3)CC1)nnn2CC1CC=CCC1. The predicted octanol–water partition coefficient (Wildman–Crippen LogP) is 4.96. The molecule has 35 heavy (non-hydrogen) atoms. The number of allylic oxidation sites excluding steroid dienone is 2. The number of nitrogens with one attached hydrogen (secondary N) is 1. The van der Waals surface area contributed by atoms with Gasteiger partial charge in [-0.1, -0.05) is 36.6 Å². The van der Waals surface area contributed by atoms with Gasteiger partial charge in [0.05, 0.1) is 17.7 Å². The minimum atomic E-state index is -0.0620. The summed E-state index contributed by atoms with van der Waals surface area (Å²) < 4.78 is 7.90. The van der Waals surface area contributed by atoms with Gasteiger partial charge in [0.1, 0.15) is 11.3 Å². The number of nitrogens with zero attached hydrogens (tertiary/aromatic N) is 4. The van der Waals surface area contributed by atoms with Gasteiger partial charge in [-0.3, -0.25) is 4.79 Å². The molecular weight excluding hydrogens is 438 g/mol. The minimum absolute atomic E-state index is 0.0620. The molecule has 0 radical (unpaired) electrons. The van der Waals surface area contributed by atoms with E-state index < -0.39 is 0 Å². The van der Waals surface area contributed by atoms with Crippen molar-refractivity contribution >= 4 is 16.9 Å². The molecule has 3 aliphatic rings. The van der Waals surface area contributed by atoms with Crippen LogP contribution in [-0.4, -0.2) is 58.1 Å². The number of hydrogen-bond donors (Lipinski definition) is 1. The standard InChI is InChI=1S/C28H41N5O2/c1-2-35-27-18-26-25(30-31-33(26)20-22-11-7-4-8-12-22)17-24(27)28(34)29-23-13-15-32(16-14-23)19-21-9-5-3-6-10-21/h4,7,17-18,21-23H,2-3,5-6,8-16,19-20H2,1H3,(H,29,34). The fraction of sp³-hybridized carbons (Fsp3) is 0.679. The van der Waals surface area contributed by atoms with Crippen LogP contribution in [0.4, 0.5) is 0 Å². The van der Waals surface area contributed by atoms with Gasteiger partial charge < -0.3 is 15.0 Å². The van der Waals surface area contributed by atoms with Crippen LogP contribution in [0, 0.1) is 11.8 Å². The summed E-state index contributed by atoms with van der Waals surface area (Å²) in [5.41, 5.74) is 2.26. The lowest BCUT2D eigenvalue weighted by molar-refractivity contribution is 0.0898. The van der Waals surface area contributed by atoms with Crippen LogP contribution >= 0.6 is 0 Å². The molecule has 1 atom stereocenters. The van der Waals surface area contributed by atoms with E-state index in [4.69, 9.17) is 4.74 Å². The van der Waals surface area contributed by atoms with E-state index in [9.17, 15) is 4.79 Å². The first-order chi connectivity index (χ1) is 17.2. The normalized spacial score (nSPS) is 22.5. The summed E-state index contributed by atoms with van der Waals surface area (Å²) >= 11 is 0. The van der Waals surface area contributed by atoms with Crippen molar-refractivity contribution in [3.05, 3.63) is 29.8 Å². The minimum Gasteiger partial charge on any atom is -0.493 e. The number of piperidine rings is 1. The molecule has 1 N–H and O–H groups in total. The second kappa shape index (κ2) is 11.5. The molecular formula is C28H41N5O2. The second-order valence-corrected chi connectivity index (χ2v) is 10.7. The maximum atomic E-state index is 13.3. The number of benzene rings is 1. The van der Waals surface area contributed by atoms with Crippen molar-refractivity contribution in [1.82, 2.24) is 25.2 Å². The highest BCUT2D eigenvalue weighted by molar-refractivity contribution is 6.00. The predicted molar refractivity (Wildman–Crippen MR) is 139 cm³/mol. The van der Waals surface area contributed by atoms with E-state index in [1.807, 2.05) is 23.7 Å². The first kappa shape index (κ1) is 24.3. The Morgan fingerprint density at radius 3 is 2.60 bits per heavy atom. The molecule has 7 nitrogen and oxygen atoms in total. The van der Waals surface area contributed by atoms with Gasteiger partial charge in [0.2, 0.25) is 0 Å². The summed E-state index contributed by atoms with van der Waals surface area (Å²) in [6, 6.07) is 4.03. The van der Waals surface area contributed by atoms with E-state index in [1.165, 1.54) is 45.1 Å². The Bertz CT molecular complexity index is 1020. The molecule has 190 valence electrons. The maximum absolute atomic E-state index is 13.3. The molecule has 1 saturated carbocycles. The number of amides is 1. The fourth-order valence-corrected chi connectivity index (χ4v) is 6.11. The molecule has 1 unspecified atom stereocenters. The smallest absolute Gasteiger partial charge is 0.255 e. The third-order valence-corrected chi connectivity index (χ3v) is 8.13. The highest BCUT2D eigenvalue weighted by Crippen LogP contribution is 2.28. The molecule has 1 saturated heterocycles. The summed E-state index contributed by atoms with van der Waals surface area (Å²) in [6.45, 7) is 6.70. The van der Waals surface area contributed by atoms with Crippen LogP contribution in [0.25, 0.3) is 11.0 Å². The Morgan fingerprint density at radius 1 is 1.03 bits per heavy atom. The van der Waals surface area contributed by atoms with E-state index in [-0.39, 0.29) is 11.9 Å². The number of likely N-dealkylation sites (tertiary alicyclic amines) is 1. The number of hydrogen-bond acceptors (Lipinski definition) is 5. The highest BCUT2D eigenvalue weighted by Gasteiger charge is 2.26. The molecule has 1 amide bonds. The number of fused-ring (bicyclic) bond motifs is 1. The summed E-state index contributed by atoms with van der Waals surface area (Å²) in [5, 5.41) is 12.1. The van der Waals surface area contributed by atoms with Crippen molar-refractivity contribution in [3.63, 3.8) is 0 Å². The zero-order valence-electron chi connectivity index (χ0n) is 21.3. The zero-order chi connectivity index (χ0) is 24.0. The summed E-state index contributed by atoms with van der Waals surface area (Å²) in [7, 11) is 0. The molecule has 0 bridgehead atoms. The van der Waals surface area contributed by atoms with Gasteiger partial charge in [-0.15, -0.1) is 5.10 Å². The Kier molecular flexibility index (Phi) is 8.02. The van der Waals surface area contributed by atoms with Crippen LogP contribution in [0.15, 0.2) is 24.3 Å². The van der Waals surface area contributed by atoms with Crippen molar-refractivity contribution in [1.29, 1.82) is 0 Å². The van der Waals surface area contributed by atoms with E-state index in [2.05, 4.69) is 32.7 Å². The van der Waals surface area contributed by atoms with Crippen LogP contribution < -0.4 is 10.1 Å². The molecule has 5 rings (SSSR count). The van der Waals surface area contributed by atoms with Gasteiger partial charge in [-0.2, -0.15) is 0 Å². The Labute approximate surface area is 209 Å². The van der Waals surface area contributed by atoms with Crippen LogP contribution in [0.3, 0.4) is 0 Å². The number of ether oxygens (including phenoxy) is 1. The monoisotopic (exact) mass is 479 g/mol. The third-order valence-electron chi connectivity index (χ3n) is 8.13. The lowest BCUT2D eigenvalue weighted by Crippen LogP contribution is -2.46. The largest absolute Gasteiger partial charge is 0.493 e. The third kappa shape index (κ3) is 6.05. The van der Waals surface area contributed by atoms with Gasteiger partial charge in [0.15, 0.2) is 0 Å². The molecule has 0 spiro atoms. The molecule has 2 aliphatic carbocycles. The Hall–Kier alpha value is -2.41. The maximum Gasteiger partial charge on any atom is 0.255 e. The van der Waals surface area contributed by atoms with Crippen molar-refractivity contribution in [2.45, 2.75) is 83.7 Å². The number of carbonyl (C=O) groups excluding carboxylic acids is 1.